The van der Waals surface area contributed by atoms with Crippen molar-refractivity contribution >= 4 is 17.4 Å². The highest BCUT2D eigenvalue weighted by molar-refractivity contribution is 6.29. The molecule has 2 unspecified atom stereocenters. The number of H-pyrrole nitrogens is 1. The molecule has 0 radical (unpaired) electrons. The van der Waals surface area contributed by atoms with Gasteiger partial charge in [-0.3, -0.25) is 4.98 Å². The highest BCUT2D eigenvalue weighted by Crippen LogP contribution is 2.28. The number of hydrogen-bond donors (Lipinski definition) is 1. The Morgan fingerprint density at radius 1 is 1.44 bits per heavy atom. The van der Waals surface area contributed by atoms with Gasteiger partial charge in [-0.05, 0) is 12.8 Å². The van der Waals surface area contributed by atoms with Crippen LogP contribution in [0.25, 0.3) is 0 Å². The van der Waals surface area contributed by atoms with Gasteiger partial charge in [-0.2, -0.15) is 4.98 Å². The molecule has 2 aliphatic heterocycles. The Bertz CT molecular complexity index is 450. The first-order valence-corrected chi connectivity index (χ1v) is 5.76. The summed E-state index contributed by atoms with van der Waals surface area (Å²) in [6.07, 6.45) is 2.74. The maximum absolute atomic E-state index is 11.2. The van der Waals surface area contributed by atoms with E-state index in [9.17, 15) is 4.79 Å². The Labute approximate surface area is 97.4 Å². The number of hydrogen-bond acceptors (Lipinski definition) is 4. The van der Waals surface area contributed by atoms with E-state index in [0.29, 0.717) is 11.0 Å². The van der Waals surface area contributed by atoms with Crippen molar-refractivity contribution in [3.8, 4) is 0 Å². The van der Waals surface area contributed by atoms with Gasteiger partial charge in [0.1, 0.15) is 11.0 Å². The number of nitrogens with one attached hydrogen (secondary N) is 1. The number of rotatable bonds is 1. The molecule has 16 heavy (non-hydrogen) atoms. The normalized spacial score (nSPS) is 28.4. The van der Waals surface area contributed by atoms with Crippen molar-refractivity contribution in [2.45, 2.75) is 25.0 Å². The minimum Gasteiger partial charge on any atom is -0.371 e. The maximum Gasteiger partial charge on any atom is 0.348 e. The van der Waals surface area contributed by atoms with Crippen molar-refractivity contribution in [1.29, 1.82) is 0 Å². The Balaban J connectivity index is 1.89. The Hall–Kier alpha value is -1.07. The van der Waals surface area contributed by atoms with Gasteiger partial charge in [0.15, 0.2) is 0 Å². The van der Waals surface area contributed by atoms with E-state index in [0.717, 1.165) is 25.9 Å². The molecule has 1 N–H and O–H groups in total. The lowest BCUT2D eigenvalue weighted by Gasteiger charge is -2.32. The van der Waals surface area contributed by atoms with E-state index in [-0.39, 0.29) is 12.2 Å². The van der Waals surface area contributed by atoms with E-state index in [1.807, 2.05) is 0 Å². The third-order valence-electron chi connectivity index (χ3n) is 3.07. The van der Waals surface area contributed by atoms with Crippen molar-refractivity contribution in [3.63, 3.8) is 0 Å². The molecule has 1 aromatic rings. The zero-order valence-electron chi connectivity index (χ0n) is 8.65. The van der Waals surface area contributed by atoms with Gasteiger partial charge in [-0.15, -0.1) is 0 Å². The van der Waals surface area contributed by atoms with Crippen LogP contribution in [-0.4, -0.2) is 35.3 Å². The van der Waals surface area contributed by atoms with Gasteiger partial charge in [-0.25, -0.2) is 4.79 Å². The van der Waals surface area contributed by atoms with Gasteiger partial charge in [0.2, 0.25) is 0 Å². The molecule has 0 aromatic carbocycles. The van der Waals surface area contributed by atoms with Gasteiger partial charge < -0.3 is 9.64 Å². The molecule has 2 atom stereocenters. The first-order chi connectivity index (χ1) is 7.70. The number of aromatic nitrogens is 2. The second-order valence-electron chi connectivity index (χ2n) is 4.25. The summed E-state index contributed by atoms with van der Waals surface area (Å²) < 4.78 is 5.72. The average Bonchev–Trinajstić information content (AvgIpc) is 2.56. The summed E-state index contributed by atoms with van der Waals surface area (Å²) >= 11 is 5.80. The van der Waals surface area contributed by atoms with Crippen molar-refractivity contribution in [1.82, 2.24) is 9.97 Å². The smallest absolute Gasteiger partial charge is 0.348 e. The van der Waals surface area contributed by atoms with E-state index in [1.165, 1.54) is 0 Å². The van der Waals surface area contributed by atoms with E-state index in [1.54, 1.807) is 6.07 Å². The third kappa shape index (κ3) is 1.81. The molecule has 0 spiro atoms. The van der Waals surface area contributed by atoms with Crippen LogP contribution in [0, 0.1) is 0 Å². The first kappa shape index (κ1) is 10.1. The summed E-state index contributed by atoms with van der Waals surface area (Å²) in [5, 5.41) is 0.328. The summed E-state index contributed by atoms with van der Waals surface area (Å²) in [6, 6.07) is 1.69. The fourth-order valence-electron chi connectivity index (χ4n) is 2.38. The van der Waals surface area contributed by atoms with Gasteiger partial charge in [0, 0.05) is 19.2 Å². The molecule has 0 saturated carbocycles. The molecule has 86 valence electrons. The van der Waals surface area contributed by atoms with E-state index in [4.69, 9.17) is 16.3 Å². The fourth-order valence-corrected chi connectivity index (χ4v) is 2.56. The van der Waals surface area contributed by atoms with Crippen LogP contribution in [0.4, 0.5) is 5.82 Å². The van der Waals surface area contributed by atoms with Crippen LogP contribution in [-0.2, 0) is 4.74 Å². The minimum atomic E-state index is -0.402. The van der Waals surface area contributed by atoms with Gasteiger partial charge in [0.25, 0.3) is 0 Å². The second kappa shape index (κ2) is 3.75. The van der Waals surface area contributed by atoms with Crippen LogP contribution in [0.1, 0.15) is 12.8 Å². The Morgan fingerprint density at radius 2 is 2.12 bits per heavy atom. The van der Waals surface area contributed by atoms with Crippen molar-refractivity contribution < 1.29 is 4.74 Å². The number of anilines is 1. The standard InChI is InChI=1S/C10H12ClN3O2/c11-8-3-9(13-10(15)12-8)14-4-6-1-2-7(5-14)16-6/h3,6-7H,1-2,4-5H2,(H,12,13,15). The number of ether oxygens (including phenoxy) is 1. The quantitative estimate of drug-likeness (QED) is 0.739. The molecule has 2 bridgehead atoms. The molecule has 3 heterocycles. The van der Waals surface area contributed by atoms with Gasteiger partial charge in [0.05, 0.1) is 12.2 Å². The Kier molecular flexibility index (Phi) is 2.37. The monoisotopic (exact) mass is 241 g/mol. The number of aromatic amines is 1. The van der Waals surface area contributed by atoms with E-state index in [2.05, 4.69) is 14.9 Å². The summed E-state index contributed by atoms with van der Waals surface area (Å²) in [5.74, 6) is 0.647. The number of fused-ring (bicyclic) bond motifs is 2. The number of halogens is 1. The zero-order valence-corrected chi connectivity index (χ0v) is 9.41. The second-order valence-corrected chi connectivity index (χ2v) is 4.66. The molecule has 2 fully saturated rings. The molecule has 0 aliphatic carbocycles. The fraction of sp³-hybridized carbons (Fsp3) is 0.600. The molecule has 2 aliphatic rings. The van der Waals surface area contributed by atoms with E-state index < -0.39 is 5.69 Å². The predicted octanol–water partition coefficient (Wildman–Crippen LogP) is 0.791. The van der Waals surface area contributed by atoms with Crippen LogP contribution >= 0.6 is 11.6 Å². The predicted molar refractivity (Wildman–Crippen MR) is 60.0 cm³/mol. The average molecular weight is 242 g/mol. The minimum absolute atomic E-state index is 0.276. The highest BCUT2D eigenvalue weighted by atomic mass is 35.5. The van der Waals surface area contributed by atoms with E-state index >= 15 is 0 Å². The summed E-state index contributed by atoms with van der Waals surface area (Å²) in [6.45, 7) is 1.59. The van der Waals surface area contributed by atoms with Crippen LogP contribution in [0.2, 0.25) is 5.15 Å². The molecule has 6 heteroatoms. The van der Waals surface area contributed by atoms with Gasteiger partial charge in [-0.1, -0.05) is 11.6 Å². The van der Waals surface area contributed by atoms with Crippen LogP contribution in [0.5, 0.6) is 0 Å². The largest absolute Gasteiger partial charge is 0.371 e. The molecule has 3 rings (SSSR count). The van der Waals surface area contributed by atoms with Crippen LogP contribution < -0.4 is 10.6 Å². The molecule has 2 saturated heterocycles. The first-order valence-electron chi connectivity index (χ1n) is 5.38. The number of morpholine rings is 1. The highest BCUT2D eigenvalue weighted by Gasteiger charge is 2.34. The molecular formula is C10H12ClN3O2. The zero-order chi connectivity index (χ0) is 11.1. The summed E-state index contributed by atoms with van der Waals surface area (Å²) in [7, 11) is 0. The summed E-state index contributed by atoms with van der Waals surface area (Å²) in [4.78, 5) is 19.7. The summed E-state index contributed by atoms with van der Waals surface area (Å²) in [5.41, 5.74) is -0.402. The van der Waals surface area contributed by atoms with Crippen molar-refractivity contribution in [2.24, 2.45) is 0 Å². The van der Waals surface area contributed by atoms with Crippen molar-refractivity contribution in [2.75, 3.05) is 18.0 Å². The maximum atomic E-state index is 11.2. The lowest BCUT2D eigenvalue weighted by Crippen LogP contribution is -2.43. The molecule has 0 amide bonds. The topological polar surface area (TPSA) is 58.2 Å². The molecule has 5 nitrogen and oxygen atoms in total. The van der Waals surface area contributed by atoms with Crippen molar-refractivity contribution in [3.05, 3.63) is 21.7 Å². The molecule has 1 aromatic heterocycles. The lowest BCUT2D eigenvalue weighted by atomic mass is 10.2. The molecular weight excluding hydrogens is 230 g/mol. The van der Waals surface area contributed by atoms with Crippen LogP contribution in [0.15, 0.2) is 10.9 Å². The lowest BCUT2D eigenvalue weighted by molar-refractivity contribution is 0.0302. The van der Waals surface area contributed by atoms with Crippen LogP contribution in [0.3, 0.4) is 0 Å². The SMILES string of the molecule is O=c1nc(N2CC3CCC(C2)O3)cc(Cl)[nH]1. The number of nitrogens with zero attached hydrogens (tertiary/aromatic N) is 2. The Morgan fingerprint density at radius 3 is 2.75 bits per heavy atom. The third-order valence-corrected chi connectivity index (χ3v) is 3.27. The van der Waals surface area contributed by atoms with Gasteiger partial charge >= 0.3 is 5.69 Å².